The van der Waals surface area contributed by atoms with E-state index < -0.39 is 5.79 Å². The highest BCUT2D eigenvalue weighted by Crippen LogP contribution is 2.43. The number of benzene rings is 2. The zero-order valence-electron chi connectivity index (χ0n) is 17.4. The summed E-state index contributed by atoms with van der Waals surface area (Å²) < 4.78 is 12.6. The Hall–Kier alpha value is -2.61. The van der Waals surface area contributed by atoms with E-state index in [0.717, 1.165) is 24.2 Å². The van der Waals surface area contributed by atoms with E-state index in [0.29, 0.717) is 13.1 Å². The number of anilines is 2. The van der Waals surface area contributed by atoms with Gasteiger partial charge in [0.05, 0.1) is 12.6 Å². The van der Waals surface area contributed by atoms with Crippen molar-refractivity contribution in [3.05, 3.63) is 59.7 Å². The van der Waals surface area contributed by atoms with Crippen LogP contribution in [-0.4, -0.2) is 48.1 Å². The highest BCUT2D eigenvalue weighted by molar-refractivity contribution is 5.75. The molecule has 7 heteroatoms. The van der Waals surface area contributed by atoms with Crippen LogP contribution in [0.3, 0.4) is 0 Å². The molecule has 0 unspecified atom stereocenters. The van der Waals surface area contributed by atoms with Crippen molar-refractivity contribution in [3.8, 4) is 0 Å². The van der Waals surface area contributed by atoms with E-state index >= 15 is 0 Å². The maximum absolute atomic E-state index is 12.5. The van der Waals surface area contributed by atoms with Gasteiger partial charge in [-0.3, -0.25) is 5.43 Å². The van der Waals surface area contributed by atoms with Crippen molar-refractivity contribution >= 4 is 17.4 Å². The molecule has 2 saturated heterocycles. The second-order valence-corrected chi connectivity index (χ2v) is 8.69. The number of aryl methyl sites for hydroxylation is 2. The van der Waals surface area contributed by atoms with Crippen LogP contribution < -0.4 is 16.2 Å². The molecule has 3 atom stereocenters. The molecule has 30 heavy (non-hydrogen) atoms. The third kappa shape index (κ3) is 3.23. The van der Waals surface area contributed by atoms with E-state index in [1.165, 1.54) is 11.1 Å². The van der Waals surface area contributed by atoms with Crippen LogP contribution in [0.25, 0.3) is 0 Å². The summed E-state index contributed by atoms with van der Waals surface area (Å²) in [5.41, 5.74) is 7.20. The number of hydrogen-bond acceptors (Lipinski definition) is 5. The largest absolute Gasteiger partial charge is 0.343 e. The van der Waals surface area contributed by atoms with Gasteiger partial charge in [-0.25, -0.2) is 10.6 Å². The van der Waals surface area contributed by atoms with Gasteiger partial charge >= 0.3 is 6.03 Å². The minimum atomic E-state index is -0.701. The molecule has 0 radical (unpaired) electrons. The first-order valence-corrected chi connectivity index (χ1v) is 10.5. The van der Waals surface area contributed by atoms with Gasteiger partial charge in [0.15, 0.2) is 5.79 Å². The summed E-state index contributed by atoms with van der Waals surface area (Å²) in [5.74, 6) is 4.77. The second-order valence-electron chi connectivity index (χ2n) is 8.69. The number of likely N-dealkylation sites (tertiary alicyclic amines) is 1. The van der Waals surface area contributed by atoms with Crippen LogP contribution in [0.2, 0.25) is 0 Å². The molecule has 5 rings (SSSR count). The fourth-order valence-electron chi connectivity index (χ4n) is 5.11. The lowest BCUT2D eigenvalue weighted by atomic mass is 9.96. The SMILES string of the molecule is CC1(C)O[C@H]2[C@H](CN(C(=O)NN)C[C@@H]2N2c3ccccc3CCc3ccccc32)O1. The predicted molar refractivity (Wildman–Crippen MR) is 114 cm³/mol. The number of carbonyl (C=O) groups is 1. The Kier molecular flexibility index (Phi) is 4.69. The van der Waals surface area contributed by atoms with Crippen molar-refractivity contribution < 1.29 is 14.3 Å². The number of piperidine rings is 1. The third-order valence-corrected chi connectivity index (χ3v) is 6.32. The lowest BCUT2D eigenvalue weighted by molar-refractivity contribution is -0.145. The number of nitrogens with one attached hydrogen (secondary N) is 1. The topological polar surface area (TPSA) is 80.1 Å². The third-order valence-electron chi connectivity index (χ3n) is 6.32. The molecule has 3 aliphatic rings. The molecule has 2 aromatic rings. The molecule has 3 heterocycles. The Balaban J connectivity index is 1.64. The normalized spacial score (nSPS) is 27.0. The fourth-order valence-corrected chi connectivity index (χ4v) is 5.11. The maximum atomic E-state index is 12.5. The van der Waals surface area contributed by atoms with Gasteiger partial charge in [-0.05, 0) is 49.9 Å². The van der Waals surface area contributed by atoms with Crippen LogP contribution in [0, 0.1) is 0 Å². The maximum Gasteiger partial charge on any atom is 0.331 e. The molecule has 3 aliphatic heterocycles. The van der Waals surface area contributed by atoms with Gasteiger partial charge < -0.3 is 19.3 Å². The molecule has 2 amide bonds. The number of hydrazine groups is 1. The molecule has 0 spiro atoms. The minimum Gasteiger partial charge on any atom is -0.343 e. The van der Waals surface area contributed by atoms with E-state index in [4.69, 9.17) is 15.3 Å². The predicted octanol–water partition coefficient (Wildman–Crippen LogP) is 2.71. The highest BCUT2D eigenvalue weighted by atomic mass is 16.8. The number of hydrogen-bond donors (Lipinski definition) is 2. The van der Waals surface area contributed by atoms with Crippen LogP contribution >= 0.6 is 0 Å². The van der Waals surface area contributed by atoms with E-state index in [9.17, 15) is 4.79 Å². The average Bonchev–Trinajstić information content (AvgIpc) is 2.96. The number of amides is 2. The molecule has 158 valence electrons. The van der Waals surface area contributed by atoms with E-state index in [1.807, 2.05) is 13.8 Å². The number of nitrogens with two attached hydrogens (primary N) is 1. The van der Waals surface area contributed by atoms with Crippen LogP contribution in [0.1, 0.15) is 25.0 Å². The number of fused-ring (bicyclic) bond motifs is 3. The molecule has 0 aliphatic carbocycles. The van der Waals surface area contributed by atoms with Crippen LogP contribution in [0.5, 0.6) is 0 Å². The quantitative estimate of drug-likeness (QED) is 0.431. The monoisotopic (exact) mass is 408 g/mol. The average molecular weight is 409 g/mol. The lowest BCUT2D eigenvalue weighted by Crippen LogP contribution is -2.62. The van der Waals surface area contributed by atoms with Crippen molar-refractivity contribution in [2.75, 3.05) is 18.0 Å². The summed E-state index contributed by atoms with van der Waals surface area (Å²) in [5, 5.41) is 0. The van der Waals surface area contributed by atoms with E-state index in [2.05, 4.69) is 58.9 Å². The molecule has 0 saturated carbocycles. The number of urea groups is 1. The summed E-state index contributed by atoms with van der Waals surface area (Å²) in [6.07, 6.45) is 1.56. The summed E-state index contributed by atoms with van der Waals surface area (Å²) in [6.45, 7) is 4.80. The Labute approximate surface area is 176 Å². The van der Waals surface area contributed by atoms with Gasteiger partial charge in [0.2, 0.25) is 0 Å². The first-order chi connectivity index (χ1) is 14.5. The Morgan fingerprint density at radius 3 is 2.20 bits per heavy atom. The summed E-state index contributed by atoms with van der Waals surface area (Å²) >= 11 is 0. The Morgan fingerprint density at radius 1 is 1.00 bits per heavy atom. The standard InChI is InChI=1S/C23H28N4O3/c1-23(2)29-20-14-26(22(28)25-24)13-19(21(20)30-23)27-17-9-5-3-7-15(17)11-12-16-8-4-6-10-18(16)27/h3-10,19-21H,11-14,24H2,1-2H3,(H,25,28)/t19-,20-,21+/m0/s1. The molecule has 2 fully saturated rings. The number of para-hydroxylation sites is 2. The summed E-state index contributed by atoms with van der Waals surface area (Å²) in [4.78, 5) is 16.6. The van der Waals surface area contributed by atoms with Gasteiger partial charge in [0.1, 0.15) is 12.2 Å². The van der Waals surface area contributed by atoms with E-state index in [1.54, 1.807) is 4.90 Å². The smallest absolute Gasteiger partial charge is 0.331 e. The number of nitrogens with zero attached hydrogens (tertiary/aromatic N) is 2. The molecular formula is C23H28N4O3. The van der Waals surface area contributed by atoms with Crippen molar-refractivity contribution in [2.24, 2.45) is 5.84 Å². The van der Waals surface area contributed by atoms with Crippen LogP contribution in [-0.2, 0) is 22.3 Å². The van der Waals surface area contributed by atoms with Gasteiger partial charge in [0, 0.05) is 17.9 Å². The van der Waals surface area contributed by atoms with Crippen molar-refractivity contribution in [2.45, 2.75) is 50.7 Å². The van der Waals surface area contributed by atoms with Gasteiger partial charge in [-0.2, -0.15) is 0 Å². The number of carbonyl (C=O) groups excluding carboxylic acids is 1. The molecule has 0 bridgehead atoms. The molecule has 2 aromatic carbocycles. The van der Waals surface area contributed by atoms with E-state index in [-0.39, 0.29) is 24.3 Å². The van der Waals surface area contributed by atoms with Crippen LogP contribution in [0.4, 0.5) is 16.2 Å². The van der Waals surface area contributed by atoms with Crippen LogP contribution in [0.15, 0.2) is 48.5 Å². The second kappa shape index (κ2) is 7.27. The van der Waals surface area contributed by atoms with Crippen molar-refractivity contribution in [1.29, 1.82) is 0 Å². The first kappa shape index (κ1) is 19.4. The summed E-state index contributed by atoms with van der Waals surface area (Å²) in [7, 11) is 0. The van der Waals surface area contributed by atoms with Gasteiger partial charge in [0.25, 0.3) is 0 Å². The summed E-state index contributed by atoms with van der Waals surface area (Å²) in [6, 6.07) is 16.6. The van der Waals surface area contributed by atoms with Gasteiger partial charge in [-0.15, -0.1) is 0 Å². The van der Waals surface area contributed by atoms with Gasteiger partial charge in [-0.1, -0.05) is 36.4 Å². The Morgan fingerprint density at radius 2 is 1.60 bits per heavy atom. The fraction of sp³-hybridized carbons (Fsp3) is 0.435. The minimum absolute atomic E-state index is 0.108. The number of rotatable bonds is 1. The molecule has 0 aromatic heterocycles. The molecular weight excluding hydrogens is 380 g/mol. The van der Waals surface area contributed by atoms with Crippen molar-refractivity contribution in [1.82, 2.24) is 10.3 Å². The van der Waals surface area contributed by atoms with Crippen molar-refractivity contribution in [3.63, 3.8) is 0 Å². The number of ether oxygens (including phenoxy) is 2. The Bertz CT molecular complexity index is 915. The molecule has 3 N–H and O–H groups in total. The highest BCUT2D eigenvalue weighted by Gasteiger charge is 2.52. The lowest BCUT2D eigenvalue weighted by Gasteiger charge is -2.45. The zero-order valence-corrected chi connectivity index (χ0v) is 17.4. The first-order valence-electron chi connectivity index (χ1n) is 10.5. The zero-order chi connectivity index (χ0) is 20.9. The molecule has 7 nitrogen and oxygen atoms in total.